The summed E-state index contributed by atoms with van der Waals surface area (Å²) in [7, 11) is -0.767. The first-order valence-electron chi connectivity index (χ1n) is 8.92. The van der Waals surface area contributed by atoms with Gasteiger partial charge in [0, 0.05) is 18.8 Å². The van der Waals surface area contributed by atoms with E-state index >= 15 is 0 Å². The second-order valence-corrected chi connectivity index (χ2v) is 8.72. The normalized spacial score (nSPS) is 13.9. The number of anilines is 1. The van der Waals surface area contributed by atoms with Gasteiger partial charge in [-0.05, 0) is 61.1 Å². The van der Waals surface area contributed by atoms with Crippen LogP contribution in [0, 0.1) is 0 Å². The van der Waals surface area contributed by atoms with Gasteiger partial charge >= 0.3 is 0 Å². The van der Waals surface area contributed by atoms with E-state index < -0.39 is 15.9 Å². The Hall–Kier alpha value is -2.38. The van der Waals surface area contributed by atoms with Crippen LogP contribution in [0.4, 0.5) is 5.69 Å². The van der Waals surface area contributed by atoms with E-state index in [2.05, 4.69) is 5.32 Å². The van der Waals surface area contributed by atoms with Crippen LogP contribution < -0.4 is 10.1 Å². The molecule has 7 heteroatoms. The molecule has 0 bridgehead atoms. The molecule has 0 atom stereocenters. The van der Waals surface area contributed by atoms with Crippen LogP contribution in [0.3, 0.4) is 0 Å². The first kappa shape index (κ1) is 19.4. The molecule has 6 nitrogen and oxygen atoms in total. The van der Waals surface area contributed by atoms with Gasteiger partial charge < -0.3 is 10.1 Å². The zero-order valence-electron chi connectivity index (χ0n) is 15.6. The molecule has 27 heavy (non-hydrogen) atoms. The average molecular weight is 388 g/mol. The van der Waals surface area contributed by atoms with Crippen molar-refractivity contribution in [2.45, 2.75) is 30.6 Å². The Morgan fingerprint density at radius 2 is 1.85 bits per heavy atom. The van der Waals surface area contributed by atoms with E-state index in [1.165, 1.54) is 12.6 Å². The zero-order chi connectivity index (χ0) is 19.4. The van der Waals surface area contributed by atoms with Crippen molar-refractivity contribution >= 4 is 21.6 Å². The number of carbonyl (C=O) groups excluding carboxylic acids is 1. The van der Waals surface area contributed by atoms with Crippen LogP contribution in [0.25, 0.3) is 0 Å². The highest BCUT2D eigenvalue weighted by Gasteiger charge is 2.24. The number of rotatable bonds is 6. The summed E-state index contributed by atoms with van der Waals surface area (Å²) in [5.74, 6) is 0.204. The second-order valence-electron chi connectivity index (χ2n) is 6.68. The number of hydrogen-bond acceptors (Lipinski definition) is 4. The lowest BCUT2D eigenvalue weighted by Gasteiger charge is -2.20. The van der Waals surface area contributed by atoms with E-state index in [-0.39, 0.29) is 11.4 Å². The van der Waals surface area contributed by atoms with Crippen molar-refractivity contribution in [3.63, 3.8) is 0 Å². The maximum atomic E-state index is 12.8. The number of benzene rings is 2. The smallest absolute Gasteiger partial charge is 0.243 e. The predicted octanol–water partition coefficient (Wildman–Crippen LogP) is 2.83. The summed E-state index contributed by atoms with van der Waals surface area (Å²) in [6, 6.07) is 12.2. The topological polar surface area (TPSA) is 75.7 Å². The van der Waals surface area contributed by atoms with E-state index in [9.17, 15) is 13.2 Å². The fourth-order valence-corrected chi connectivity index (χ4v) is 4.42. The Balaban J connectivity index is 1.70. The maximum Gasteiger partial charge on any atom is 0.243 e. The predicted molar refractivity (Wildman–Crippen MR) is 105 cm³/mol. The highest BCUT2D eigenvalue weighted by molar-refractivity contribution is 7.89. The SMILES string of the molecule is COc1cccc(NC(=O)CN(C)S(=O)(=O)c2ccc3c(c2)CCCC3)c1. The summed E-state index contributed by atoms with van der Waals surface area (Å²) in [5.41, 5.74) is 2.87. The highest BCUT2D eigenvalue weighted by atomic mass is 32.2. The number of aryl methyl sites for hydroxylation is 2. The van der Waals surface area contributed by atoms with Crippen LogP contribution in [-0.4, -0.2) is 39.3 Å². The molecule has 1 aliphatic rings. The lowest BCUT2D eigenvalue weighted by molar-refractivity contribution is -0.116. The van der Waals surface area contributed by atoms with Gasteiger partial charge in [0.25, 0.3) is 0 Å². The van der Waals surface area contributed by atoms with Crippen molar-refractivity contribution in [3.05, 3.63) is 53.6 Å². The number of nitrogens with zero attached hydrogens (tertiary/aromatic N) is 1. The molecule has 0 aromatic heterocycles. The van der Waals surface area contributed by atoms with Gasteiger partial charge in [0.1, 0.15) is 5.75 Å². The molecular weight excluding hydrogens is 364 g/mol. The Morgan fingerprint density at radius 1 is 1.11 bits per heavy atom. The monoisotopic (exact) mass is 388 g/mol. The average Bonchev–Trinajstić information content (AvgIpc) is 2.67. The molecule has 0 radical (unpaired) electrons. The number of hydrogen-bond donors (Lipinski definition) is 1. The van der Waals surface area contributed by atoms with Crippen molar-refractivity contribution in [1.82, 2.24) is 4.31 Å². The zero-order valence-corrected chi connectivity index (χ0v) is 16.4. The first-order valence-corrected chi connectivity index (χ1v) is 10.4. The highest BCUT2D eigenvalue weighted by Crippen LogP contribution is 2.25. The molecule has 2 aromatic rings. The van der Waals surface area contributed by atoms with Gasteiger partial charge in [0.15, 0.2) is 0 Å². The molecule has 0 heterocycles. The molecule has 2 aromatic carbocycles. The van der Waals surface area contributed by atoms with Gasteiger partial charge in [-0.3, -0.25) is 4.79 Å². The number of likely N-dealkylation sites (N-methyl/N-ethyl adjacent to an activating group) is 1. The van der Waals surface area contributed by atoms with Crippen LogP contribution in [0.1, 0.15) is 24.0 Å². The largest absolute Gasteiger partial charge is 0.497 e. The lowest BCUT2D eigenvalue weighted by atomic mass is 9.92. The number of amides is 1. The van der Waals surface area contributed by atoms with Crippen LogP contribution in [0.15, 0.2) is 47.4 Å². The minimum Gasteiger partial charge on any atom is -0.497 e. The van der Waals surface area contributed by atoms with Gasteiger partial charge in [-0.2, -0.15) is 4.31 Å². The van der Waals surface area contributed by atoms with Crippen molar-refractivity contribution in [2.24, 2.45) is 0 Å². The summed E-state index contributed by atoms with van der Waals surface area (Å²) < 4.78 is 31.9. The van der Waals surface area contributed by atoms with Gasteiger partial charge in [-0.25, -0.2) is 8.42 Å². The van der Waals surface area contributed by atoms with E-state index in [1.54, 1.807) is 43.5 Å². The molecule has 0 fully saturated rings. The minimum absolute atomic E-state index is 0.236. The maximum absolute atomic E-state index is 12.8. The minimum atomic E-state index is -3.72. The molecule has 1 N–H and O–H groups in total. The number of ether oxygens (including phenoxy) is 1. The van der Waals surface area contributed by atoms with Gasteiger partial charge in [0.2, 0.25) is 15.9 Å². The van der Waals surface area contributed by atoms with Crippen molar-refractivity contribution in [1.29, 1.82) is 0 Å². The lowest BCUT2D eigenvalue weighted by Crippen LogP contribution is -2.35. The Labute approximate surface area is 160 Å². The third-order valence-electron chi connectivity index (χ3n) is 4.75. The first-order chi connectivity index (χ1) is 12.9. The summed E-state index contributed by atoms with van der Waals surface area (Å²) in [6.07, 6.45) is 4.12. The van der Waals surface area contributed by atoms with Gasteiger partial charge in [-0.15, -0.1) is 0 Å². The van der Waals surface area contributed by atoms with E-state index in [0.29, 0.717) is 11.4 Å². The summed E-state index contributed by atoms with van der Waals surface area (Å²) in [5, 5.41) is 2.70. The van der Waals surface area contributed by atoms with Gasteiger partial charge in [0.05, 0.1) is 18.6 Å². The molecular formula is C20H24N2O4S. The number of sulfonamides is 1. The third-order valence-corrected chi connectivity index (χ3v) is 6.55. The Morgan fingerprint density at radius 3 is 2.59 bits per heavy atom. The molecule has 3 rings (SSSR count). The van der Waals surface area contributed by atoms with Gasteiger partial charge in [-0.1, -0.05) is 12.1 Å². The summed E-state index contributed by atoms with van der Waals surface area (Å²) >= 11 is 0. The van der Waals surface area contributed by atoms with Crippen molar-refractivity contribution in [2.75, 3.05) is 26.0 Å². The third kappa shape index (κ3) is 4.48. The number of nitrogens with one attached hydrogen (secondary N) is 1. The van der Waals surface area contributed by atoms with E-state index in [0.717, 1.165) is 35.6 Å². The fraction of sp³-hybridized carbons (Fsp3) is 0.350. The van der Waals surface area contributed by atoms with Crippen LogP contribution in [-0.2, 0) is 27.7 Å². The fourth-order valence-electron chi connectivity index (χ4n) is 3.24. The molecule has 0 saturated heterocycles. The number of methoxy groups -OCH3 is 1. The molecule has 0 unspecified atom stereocenters. The number of fused-ring (bicyclic) bond motifs is 1. The van der Waals surface area contributed by atoms with Crippen molar-refractivity contribution < 1.29 is 17.9 Å². The van der Waals surface area contributed by atoms with Crippen LogP contribution >= 0.6 is 0 Å². The Bertz CT molecular complexity index is 941. The molecule has 0 aliphatic heterocycles. The molecule has 0 saturated carbocycles. The quantitative estimate of drug-likeness (QED) is 0.826. The second kappa shape index (κ2) is 8.10. The van der Waals surface area contributed by atoms with Crippen LogP contribution in [0.2, 0.25) is 0 Å². The Kier molecular flexibility index (Phi) is 5.82. The standard InChI is InChI=1S/C20H24N2O4S/c1-22(14-20(23)21-17-8-5-9-18(13-17)26-2)27(24,25)19-11-10-15-6-3-4-7-16(15)12-19/h5,8-13H,3-4,6-7,14H2,1-2H3,(H,21,23). The molecule has 1 amide bonds. The van der Waals surface area contributed by atoms with E-state index in [1.807, 2.05) is 6.07 Å². The molecule has 0 spiro atoms. The molecule has 144 valence electrons. The number of carbonyl (C=O) groups is 1. The van der Waals surface area contributed by atoms with Crippen molar-refractivity contribution in [3.8, 4) is 5.75 Å². The van der Waals surface area contributed by atoms with Crippen LogP contribution in [0.5, 0.6) is 5.75 Å². The summed E-state index contributed by atoms with van der Waals surface area (Å²) in [6.45, 7) is -0.267. The summed E-state index contributed by atoms with van der Waals surface area (Å²) in [4.78, 5) is 12.5. The molecule has 1 aliphatic carbocycles. The van der Waals surface area contributed by atoms with E-state index in [4.69, 9.17) is 4.74 Å².